The van der Waals surface area contributed by atoms with Crippen LogP contribution in [0.2, 0.25) is 0 Å². The second-order valence-electron chi connectivity index (χ2n) is 16.1. The van der Waals surface area contributed by atoms with Crippen LogP contribution < -0.4 is 0 Å². The fourth-order valence-electron chi connectivity index (χ4n) is 5.09. The maximum atomic E-state index is 12.7. The van der Waals surface area contributed by atoms with E-state index in [-0.39, 0.29) is 27.6 Å². The highest BCUT2D eigenvalue weighted by Crippen LogP contribution is 2.55. The fraction of sp³-hybridized carbons (Fsp3) is 0.686. The number of phenolic OH excluding ortho intramolecular Hbond substituents is 1. The van der Waals surface area contributed by atoms with Crippen molar-refractivity contribution >= 4 is 29.5 Å². The molecule has 0 heterocycles. The second-order valence-corrected chi connectivity index (χ2v) is 20.0. The van der Waals surface area contributed by atoms with Crippen molar-refractivity contribution < 1.29 is 19.7 Å². The van der Waals surface area contributed by atoms with Gasteiger partial charge in [0, 0.05) is 28.9 Å². The largest absolute Gasteiger partial charge is 0.507 e. The minimum Gasteiger partial charge on any atom is -0.507 e. The molecule has 0 aromatic heterocycles. The molecule has 41 heavy (non-hydrogen) atoms. The van der Waals surface area contributed by atoms with E-state index in [1.807, 2.05) is 13.0 Å². The highest BCUT2D eigenvalue weighted by atomic mass is 32.2. The lowest BCUT2D eigenvalue weighted by molar-refractivity contribution is -0.139. The Balaban J connectivity index is 2.60. The average Bonchev–Trinajstić information content (AvgIpc) is 2.72. The van der Waals surface area contributed by atoms with Gasteiger partial charge >= 0.3 is 5.97 Å². The summed E-state index contributed by atoms with van der Waals surface area (Å²) in [7, 11) is 0. The number of carbonyl (C=O) groups is 1. The van der Waals surface area contributed by atoms with Crippen LogP contribution in [0.1, 0.15) is 134 Å². The first-order valence-corrected chi connectivity index (χ1v) is 16.5. The molecule has 2 rings (SSSR count). The fourth-order valence-corrected chi connectivity index (χ4v) is 8.15. The van der Waals surface area contributed by atoms with Crippen LogP contribution in [0, 0.1) is 10.8 Å². The van der Waals surface area contributed by atoms with Crippen LogP contribution in [0.4, 0.5) is 0 Å². The quantitative estimate of drug-likeness (QED) is 0.183. The Hall–Kier alpha value is -1.37. The van der Waals surface area contributed by atoms with Crippen molar-refractivity contribution in [1.82, 2.24) is 0 Å². The summed E-state index contributed by atoms with van der Waals surface area (Å²) in [5.41, 5.74) is 2.59. The Kier molecular flexibility index (Phi) is 10.4. The van der Waals surface area contributed by atoms with E-state index in [9.17, 15) is 15.0 Å². The molecule has 0 radical (unpaired) electrons. The summed E-state index contributed by atoms with van der Waals surface area (Å²) in [6.45, 7) is 31.6. The number of carbonyl (C=O) groups excluding carboxylic acids is 1. The molecule has 1 aromatic carbocycles. The molecular weight excluding hydrogens is 549 g/mol. The molecule has 0 spiro atoms. The number of ether oxygens (including phenoxy) is 1. The van der Waals surface area contributed by atoms with Gasteiger partial charge in [0.25, 0.3) is 0 Å². The number of hydrogen-bond donors (Lipinski definition) is 2. The van der Waals surface area contributed by atoms with Gasteiger partial charge in [0.2, 0.25) is 0 Å². The van der Waals surface area contributed by atoms with Gasteiger partial charge in [0.05, 0.1) is 4.08 Å². The SMILES string of the molecule is CCCC(=O)OC1=C(C(C)(C)C)CC(O)(SC(C)(C)Sc2cc(C(C)(C)C)c(O)c(C(C)(C)C)c2)C=C1C(C)(C)C. The minimum atomic E-state index is -1.20. The Bertz CT molecular complexity index is 1160. The van der Waals surface area contributed by atoms with E-state index in [1.165, 1.54) is 11.8 Å². The van der Waals surface area contributed by atoms with E-state index in [0.29, 0.717) is 24.4 Å². The molecule has 0 saturated carbocycles. The molecule has 1 aliphatic rings. The number of benzene rings is 1. The van der Waals surface area contributed by atoms with E-state index in [0.717, 1.165) is 33.6 Å². The molecular formula is C35H56O4S2. The van der Waals surface area contributed by atoms with Gasteiger partial charge in [-0.15, -0.1) is 23.5 Å². The lowest BCUT2D eigenvalue weighted by Crippen LogP contribution is -2.37. The highest BCUT2D eigenvalue weighted by molar-refractivity contribution is 8.18. The molecule has 1 unspecified atom stereocenters. The Morgan fingerprint density at radius 1 is 0.854 bits per heavy atom. The number of phenols is 1. The first-order valence-electron chi connectivity index (χ1n) is 14.9. The zero-order valence-electron chi connectivity index (χ0n) is 28.4. The van der Waals surface area contributed by atoms with Crippen molar-refractivity contribution in [2.75, 3.05) is 0 Å². The molecule has 1 atom stereocenters. The number of hydrogen-bond acceptors (Lipinski definition) is 6. The summed E-state index contributed by atoms with van der Waals surface area (Å²) in [5.74, 6) is 0.765. The van der Waals surface area contributed by atoms with E-state index < -0.39 is 9.01 Å². The van der Waals surface area contributed by atoms with Crippen LogP contribution in [-0.4, -0.2) is 25.2 Å². The summed E-state index contributed by atoms with van der Waals surface area (Å²) >= 11 is 3.23. The first-order chi connectivity index (χ1) is 18.2. The molecule has 1 aromatic rings. The third kappa shape index (κ3) is 9.31. The number of aliphatic hydroxyl groups is 1. The first kappa shape index (κ1) is 35.8. The maximum Gasteiger partial charge on any atom is 0.311 e. The van der Waals surface area contributed by atoms with Gasteiger partial charge in [-0.2, -0.15) is 0 Å². The average molecular weight is 605 g/mol. The summed E-state index contributed by atoms with van der Waals surface area (Å²) in [6, 6.07) is 4.20. The van der Waals surface area contributed by atoms with Crippen LogP contribution in [0.15, 0.2) is 40.0 Å². The van der Waals surface area contributed by atoms with E-state index in [4.69, 9.17) is 4.74 Å². The molecule has 1 aliphatic carbocycles. The molecule has 0 bridgehead atoms. The Morgan fingerprint density at radius 2 is 1.34 bits per heavy atom. The summed E-state index contributed by atoms with van der Waals surface area (Å²) < 4.78 is 5.63. The molecule has 6 heteroatoms. The Labute approximate surface area is 259 Å². The van der Waals surface area contributed by atoms with Crippen molar-refractivity contribution in [1.29, 1.82) is 0 Å². The van der Waals surface area contributed by atoms with Crippen molar-refractivity contribution in [2.45, 2.75) is 148 Å². The van der Waals surface area contributed by atoms with Gasteiger partial charge in [0.1, 0.15) is 16.4 Å². The van der Waals surface area contributed by atoms with E-state index >= 15 is 0 Å². The van der Waals surface area contributed by atoms with Crippen molar-refractivity contribution in [2.24, 2.45) is 10.8 Å². The second kappa shape index (κ2) is 12.0. The molecule has 0 aliphatic heterocycles. The van der Waals surface area contributed by atoms with Crippen molar-refractivity contribution in [3.05, 3.63) is 46.2 Å². The minimum absolute atomic E-state index is 0.220. The molecule has 232 valence electrons. The third-order valence-corrected chi connectivity index (χ3v) is 9.76. The maximum absolute atomic E-state index is 12.7. The predicted octanol–water partition coefficient (Wildman–Crippen LogP) is 10.3. The van der Waals surface area contributed by atoms with Gasteiger partial charge < -0.3 is 14.9 Å². The van der Waals surface area contributed by atoms with Gasteiger partial charge in [-0.1, -0.05) is 90.0 Å². The van der Waals surface area contributed by atoms with Crippen molar-refractivity contribution in [3.8, 4) is 5.75 Å². The smallest absolute Gasteiger partial charge is 0.311 e. The van der Waals surface area contributed by atoms with Gasteiger partial charge in [-0.25, -0.2) is 0 Å². The normalized spacial score (nSPS) is 19.4. The van der Waals surface area contributed by atoms with Crippen molar-refractivity contribution in [3.63, 3.8) is 0 Å². The molecule has 0 fully saturated rings. The summed E-state index contributed by atoms with van der Waals surface area (Å²) in [6.07, 6.45) is 3.39. The standard InChI is InChI=1S/C35H56O4S2/c1-16-17-27(36)39-29-25(32(8,9)10)20-35(38,21-26(29)33(11,12)13)41-34(14,15)40-22-18-23(30(2,3)4)28(37)24(19-22)31(5,6)7/h18-20,37-38H,16-17,21H2,1-15H3. The van der Waals surface area contributed by atoms with Crippen LogP contribution in [0.5, 0.6) is 5.75 Å². The number of allylic oxidation sites excluding steroid dienone is 1. The van der Waals surface area contributed by atoms with Gasteiger partial charge in [0.15, 0.2) is 0 Å². The van der Waals surface area contributed by atoms with Gasteiger partial charge in [-0.3, -0.25) is 4.79 Å². The van der Waals surface area contributed by atoms with Crippen LogP contribution in [-0.2, 0) is 20.4 Å². The highest BCUT2D eigenvalue weighted by Gasteiger charge is 2.45. The lowest BCUT2D eigenvalue weighted by Gasteiger charge is -2.43. The van der Waals surface area contributed by atoms with E-state index in [1.54, 1.807) is 11.8 Å². The third-order valence-electron chi connectivity index (χ3n) is 7.19. The molecule has 0 amide bonds. The van der Waals surface area contributed by atoms with Crippen LogP contribution >= 0.6 is 23.5 Å². The molecule has 4 nitrogen and oxygen atoms in total. The number of rotatable bonds is 7. The molecule has 0 saturated heterocycles. The van der Waals surface area contributed by atoms with Crippen LogP contribution in [0.3, 0.4) is 0 Å². The number of aromatic hydroxyl groups is 1. The number of thioether (sulfide) groups is 2. The topological polar surface area (TPSA) is 66.8 Å². The Morgan fingerprint density at radius 3 is 1.73 bits per heavy atom. The summed E-state index contributed by atoms with van der Waals surface area (Å²) in [5, 5.41) is 23.5. The van der Waals surface area contributed by atoms with Crippen LogP contribution in [0.25, 0.3) is 0 Å². The zero-order chi connectivity index (χ0) is 32.0. The van der Waals surface area contributed by atoms with Gasteiger partial charge in [-0.05, 0) is 71.3 Å². The lowest BCUT2D eigenvalue weighted by atomic mass is 9.73. The zero-order valence-corrected chi connectivity index (χ0v) is 30.0. The number of esters is 1. The predicted molar refractivity (Wildman–Crippen MR) is 178 cm³/mol. The van der Waals surface area contributed by atoms with E-state index in [2.05, 4.69) is 109 Å². The summed E-state index contributed by atoms with van der Waals surface area (Å²) in [4.78, 5) is 12.6. The monoisotopic (exact) mass is 604 g/mol. The molecule has 2 N–H and O–H groups in total.